The third-order valence-electron chi connectivity index (χ3n) is 9.70. The van der Waals surface area contributed by atoms with Crippen molar-refractivity contribution < 1.29 is 9.59 Å². The van der Waals surface area contributed by atoms with Crippen LogP contribution in [0.3, 0.4) is 0 Å². The molecule has 8 rings (SSSR count). The highest BCUT2D eigenvalue weighted by molar-refractivity contribution is 7.80. The molecule has 5 aromatic rings. The Bertz CT molecular complexity index is 2140. The van der Waals surface area contributed by atoms with E-state index >= 15 is 0 Å². The van der Waals surface area contributed by atoms with Crippen LogP contribution in [0.1, 0.15) is 56.5 Å². The van der Waals surface area contributed by atoms with E-state index in [1.54, 1.807) is 6.08 Å². The number of anilines is 3. The number of nitrogens with zero attached hydrogens (tertiary/aromatic N) is 1. The lowest BCUT2D eigenvalue weighted by molar-refractivity contribution is -0.122. The summed E-state index contributed by atoms with van der Waals surface area (Å²) in [5, 5.41) is 2.68. The van der Waals surface area contributed by atoms with Crippen molar-refractivity contribution >= 4 is 52.0 Å². The Kier molecular flexibility index (Phi) is 6.28. The Morgan fingerprint density at radius 3 is 1.91 bits per heavy atom. The predicted octanol–water partition coefficient (Wildman–Crippen LogP) is 8.87. The molecule has 0 atom stereocenters. The first kappa shape index (κ1) is 28.4. The van der Waals surface area contributed by atoms with Crippen LogP contribution < -0.4 is 10.2 Å². The van der Waals surface area contributed by atoms with E-state index in [0.29, 0.717) is 0 Å². The summed E-state index contributed by atoms with van der Waals surface area (Å²) >= 11 is 5.15. The summed E-state index contributed by atoms with van der Waals surface area (Å²) in [5.41, 5.74) is 15.7. The molecule has 0 unspecified atom stereocenters. The second-order valence-electron chi connectivity index (χ2n) is 12.8. The fourth-order valence-corrected chi connectivity index (χ4v) is 8.28. The maximum Gasteiger partial charge on any atom is 0.259 e. The monoisotopic (exact) mass is 616 g/mol. The van der Waals surface area contributed by atoms with Gasteiger partial charge in [0, 0.05) is 0 Å². The molecule has 2 aliphatic heterocycles. The van der Waals surface area contributed by atoms with E-state index in [1.807, 2.05) is 6.07 Å². The third-order valence-corrected chi connectivity index (χ3v) is 9.95. The highest BCUT2D eigenvalue weighted by Gasteiger charge is 2.52. The molecule has 3 aliphatic rings. The number of ketones is 1. The molecule has 5 aromatic carbocycles. The lowest BCUT2D eigenvalue weighted by Gasteiger charge is -2.46. The number of piperidine rings is 1. The Morgan fingerprint density at radius 1 is 0.696 bits per heavy atom. The van der Waals surface area contributed by atoms with E-state index < -0.39 is 11.3 Å². The normalized spacial score (nSPS) is 16.7. The number of nitrogens with one attached hydrogen (secondary N) is 1. The molecule has 0 radical (unpaired) electrons. The average Bonchev–Trinajstić information content (AvgIpc) is 3.31. The van der Waals surface area contributed by atoms with E-state index in [4.69, 9.17) is 12.2 Å². The Labute approximate surface area is 274 Å². The smallest absolute Gasteiger partial charge is 0.259 e. The summed E-state index contributed by atoms with van der Waals surface area (Å²) in [6.07, 6.45) is 1.76. The summed E-state index contributed by atoms with van der Waals surface area (Å²) in [6, 6.07) is 35.1. The summed E-state index contributed by atoms with van der Waals surface area (Å²) in [6.45, 7) is 8.66. The van der Waals surface area contributed by atoms with Gasteiger partial charge in [-0.3, -0.25) is 9.59 Å². The minimum Gasteiger partial charge on any atom is -0.316 e. The van der Waals surface area contributed by atoms with Gasteiger partial charge in [0.05, 0.1) is 39.5 Å². The fraction of sp³-hybridized carbons (Fsp3) is 0.146. The molecular weight excluding hydrogens is 585 g/mol. The standard InChI is InChI=1S/C41H32N2O2S/c1-23-13-15-35-33(19-23)41(31-11-7-5-9-28(31)29-10-6-8-12-32(29)41)34-21-27(20-30-37(44)22-38(46)42-40(30)45)14-16-36(34)43(35)39-25(3)17-24(2)18-26(39)4/h5-21H,22H2,1-4H3,(H,42,45,46)/b30-20+. The van der Waals surface area contributed by atoms with Crippen LogP contribution in [-0.2, 0) is 15.0 Å². The van der Waals surface area contributed by atoms with Crippen LogP contribution >= 0.6 is 12.2 Å². The van der Waals surface area contributed by atoms with Gasteiger partial charge in [-0.2, -0.15) is 0 Å². The summed E-state index contributed by atoms with van der Waals surface area (Å²) in [5.74, 6) is -0.704. The molecule has 224 valence electrons. The first-order valence-electron chi connectivity index (χ1n) is 15.6. The first-order chi connectivity index (χ1) is 22.2. The third kappa shape index (κ3) is 3.95. The number of benzene rings is 5. The van der Waals surface area contributed by atoms with Gasteiger partial charge in [0.25, 0.3) is 5.91 Å². The van der Waals surface area contributed by atoms with Crippen LogP contribution in [-0.4, -0.2) is 16.7 Å². The summed E-state index contributed by atoms with van der Waals surface area (Å²) < 4.78 is 0. The average molecular weight is 617 g/mol. The quantitative estimate of drug-likeness (QED) is 0.120. The Balaban J connectivity index is 1.51. The lowest BCUT2D eigenvalue weighted by atomic mass is 9.64. The molecule has 0 saturated carbocycles. The van der Waals surface area contributed by atoms with Crippen LogP contribution in [0.25, 0.3) is 17.2 Å². The number of hydrogen-bond acceptors (Lipinski definition) is 4. The first-order valence-corrected chi connectivity index (χ1v) is 16.0. The van der Waals surface area contributed by atoms with Gasteiger partial charge in [-0.1, -0.05) is 102 Å². The molecule has 1 amide bonds. The zero-order valence-corrected chi connectivity index (χ0v) is 27.0. The van der Waals surface area contributed by atoms with Crippen LogP contribution in [0.15, 0.2) is 103 Å². The van der Waals surface area contributed by atoms with Gasteiger partial charge in [0.2, 0.25) is 0 Å². The Morgan fingerprint density at radius 2 is 1.28 bits per heavy atom. The van der Waals surface area contributed by atoms with Crippen LogP contribution in [0.4, 0.5) is 17.1 Å². The number of hydrogen-bond donors (Lipinski definition) is 1. The molecule has 2 heterocycles. The molecule has 4 nitrogen and oxygen atoms in total. The second-order valence-corrected chi connectivity index (χ2v) is 13.2. The molecule has 5 heteroatoms. The van der Waals surface area contributed by atoms with E-state index in [0.717, 1.165) is 28.2 Å². The van der Waals surface area contributed by atoms with Crippen molar-refractivity contribution in [2.75, 3.05) is 4.90 Å². The zero-order valence-electron chi connectivity index (χ0n) is 26.2. The fourth-order valence-electron chi connectivity index (χ4n) is 8.06. The molecular formula is C41H32N2O2S. The van der Waals surface area contributed by atoms with Crippen molar-refractivity contribution in [3.63, 3.8) is 0 Å². The van der Waals surface area contributed by atoms with Gasteiger partial charge < -0.3 is 10.2 Å². The zero-order chi connectivity index (χ0) is 31.9. The molecule has 0 bridgehead atoms. The number of carbonyl (C=O) groups is 2. The van der Waals surface area contributed by atoms with Crippen molar-refractivity contribution in [2.24, 2.45) is 0 Å². The molecule has 1 saturated heterocycles. The van der Waals surface area contributed by atoms with Crippen molar-refractivity contribution in [1.29, 1.82) is 0 Å². The minimum absolute atomic E-state index is 0.0366. The maximum absolute atomic E-state index is 13.0. The van der Waals surface area contributed by atoms with Crippen molar-refractivity contribution in [2.45, 2.75) is 39.5 Å². The van der Waals surface area contributed by atoms with Gasteiger partial charge >= 0.3 is 0 Å². The van der Waals surface area contributed by atoms with Gasteiger partial charge in [0.1, 0.15) is 0 Å². The Hall–Kier alpha value is -5.13. The number of fused-ring (bicyclic) bond motifs is 9. The number of Topliss-reactive ketones (excluding diaryl/α,β-unsaturated/α-hetero) is 1. The lowest BCUT2D eigenvalue weighted by Crippen LogP contribution is -2.39. The van der Waals surface area contributed by atoms with Crippen molar-refractivity contribution in [1.82, 2.24) is 5.32 Å². The van der Waals surface area contributed by atoms with E-state index in [-0.39, 0.29) is 22.8 Å². The summed E-state index contributed by atoms with van der Waals surface area (Å²) in [7, 11) is 0. The number of aryl methyl sites for hydroxylation is 4. The number of carbonyl (C=O) groups excluding carboxylic acids is 2. The maximum atomic E-state index is 13.0. The van der Waals surface area contributed by atoms with Gasteiger partial charge in [-0.25, -0.2) is 0 Å². The molecule has 46 heavy (non-hydrogen) atoms. The molecule has 1 fully saturated rings. The van der Waals surface area contributed by atoms with E-state index in [9.17, 15) is 9.59 Å². The van der Waals surface area contributed by atoms with E-state index in [1.165, 1.54) is 50.1 Å². The number of thiocarbonyl (C=S) groups is 1. The molecule has 1 spiro atoms. The highest BCUT2D eigenvalue weighted by atomic mass is 32.1. The summed E-state index contributed by atoms with van der Waals surface area (Å²) in [4.78, 5) is 28.6. The molecule has 1 N–H and O–H groups in total. The topological polar surface area (TPSA) is 49.4 Å². The van der Waals surface area contributed by atoms with Crippen LogP contribution in [0.5, 0.6) is 0 Å². The van der Waals surface area contributed by atoms with Gasteiger partial charge in [-0.15, -0.1) is 0 Å². The van der Waals surface area contributed by atoms with Crippen LogP contribution in [0.2, 0.25) is 0 Å². The molecule has 1 aliphatic carbocycles. The van der Waals surface area contributed by atoms with Crippen molar-refractivity contribution in [3.05, 3.63) is 153 Å². The second kappa shape index (κ2) is 10.2. The largest absolute Gasteiger partial charge is 0.316 e. The SMILES string of the molecule is Cc1cc(C)c(N2c3ccc(C)cc3C3(c4ccccc4-c4ccccc43)c3cc(/C=C4\C(=O)CC(=S)NC4=O)ccc32)c(C)c1. The predicted molar refractivity (Wildman–Crippen MR) is 189 cm³/mol. The molecule has 0 aromatic heterocycles. The van der Waals surface area contributed by atoms with E-state index in [2.05, 4.69) is 129 Å². The number of rotatable bonds is 2. The highest BCUT2D eigenvalue weighted by Crippen LogP contribution is 2.64. The minimum atomic E-state index is -0.623. The van der Waals surface area contributed by atoms with Crippen LogP contribution in [0, 0.1) is 27.7 Å². The van der Waals surface area contributed by atoms with Gasteiger partial charge in [-0.05, 0) is 102 Å². The number of amides is 1. The van der Waals surface area contributed by atoms with Crippen molar-refractivity contribution in [3.8, 4) is 11.1 Å². The van der Waals surface area contributed by atoms with Gasteiger partial charge in [0.15, 0.2) is 5.78 Å².